The van der Waals surface area contributed by atoms with Gasteiger partial charge in [0.05, 0.1) is 11.1 Å². The second kappa shape index (κ2) is 4.62. The van der Waals surface area contributed by atoms with E-state index in [1.54, 1.807) is 18.2 Å². The molecule has 0 saturated carbocycles. The molecule has 1 aromatic heterocycles. The number of rotatable bonds is 2. The fourth-order valence-electron chi connectivity index (χ4n) is 2.23. The van der Waals surface area contributed by atoms with Crippen molar-refractivity contribution in [2.45, 2.75) is 20.8 Å². The second-order valence-electron chi connectivity index (χ2n) is 4.54. The Balaban J connectivity index is 2.72. The quantitative estimate of drug-likeness (QED) is 0.895. The second-order valence-corrected chi connectivity index (χ2v) is 4.54. The number of nitriles is 1. The highest BCUT2D eigenvalue weighted by Crippen LogP contribution is 2.23. The SMILES string of the molecule is Cc1ccc(C(=O)O)cc1-n1c(C)cc(C#N)c1C. The van der Waals surface area contributed by atoms with E-state index in [0.717, 1.165) is 22.6 Å². The molecule has 0 atom stereocenters. The summed E-state index contributed by atoms with van der Waals surface area (Å²) in [5, 5.41) is 18.1. The van der Waals surface area contributed by atoms with Crippen LogP contribution >= 0.6 is 0 Å². The standard InChI is InChI=1S/C15H14N2O2/c1-9-4-5-12(15(18)19)7-14(9)17-10(2)6-13(8-16)11(17)3/h4-7H,1-3H3,(H,18,19). The zero-order chi connectivity index (χ0) is 14.2. The third-order valence-corrected chi connectivity index (χ3v) is 3.25. The van der Waals surface area contributed by atoms with Gasteiger partial charge in [-0.1, -0.05) is 6.07 Å². The highest BCUT2D eigenvalue weighted by atomic mass is 16.4. The van der Waals surface area contributed by atoms with Crippen molar-refractivity contribution in [2.24, 2.45) is 0 Å². The number of benzene rings is 1. The number of carboxylic acids is 1. The Morgan fingerprint density at radius 1 is 1.26 bits per heavy atom. The predicted octanol–water partition coefficient (Wildman–Crippen LogP) is 2.97. The highest BCUT2D eigenvalue weighted by molar-refractivity contribution is 5.88. The number of hydrogen-bond acceptors (Lipinski definition) is 2. The van der Waals surface area contributed by atoms with E-state index in [4.69, 9.17) is 10.4 Å². The van der Waals surface area contributed by atoms with Crippen molar-refractivity contribution in [3.8, 4) is 11.8 Å². The summed E-state index contributed by atoms with van der Waals surface area (Å²) in [5.41, 5.74) is 4.36. The van der Waals surface area contributed by atoms with Gasteiger partial charge in [-0.05, 0) is 44.5 Å². The zero-order valence-electron chi connectivity index (χ0n) is 11.1. The van der Waals surface area contributed by atoms with Gasteiger partial charge in [-0.15, -0.1) is 0 Å². The lowest BCUT2D eigenvalue weighted by molar-refractivity contribution is 0.0697. The van der Waals surface area contributed by atoms with Crippen molar-refractivity contribution in [2.75, 3.05) is 0 Å². The molecule has 1 aromatic carbocycles. The molecule has 1 N–H and O–H groups in total. The Morgan fingerprint density at radius 2 is 1.95 bits per heavy atom. The van der Waals surface area contributed by atoms with Gasteiger partial charge in [0.25, 0.3) is 0 Å². The van der Waals surface area contributed by atoms with Gasteiger partial charge in [0, 0.05) is 17.1 Å². The van der Waals surface area contributed by atoms with Crippen LogP contribution in [0.3, 0.4) is 0 Å². The molecule has 0 fully saturated rings. The summed E-state index contributed by atoms with van der Waals surface area (Å²) in [6.45, 7) is 5.69. The van der Waals surface area contributed by atoms with Crippen LogP contribution in [0.15, 0.2) is 24.3 Å². The summed E-state index contributed by atoms with van der Waals surface area (Å²) in [5.74, 6) is -0.954. The summed E-state index contributed by atoms with van der Waals surface area (Å²) in [4.78, 5) is 11.1. The number of hydrogen-bond donors (Lipinski definition) is 1. The van der Waals surface area contributed by atoms with E-state index < -0.39 is 5.97 Å². The highest BCUT2D eigenvalue weighted by Gasteiger charge is 2.14. The Hall–Kier alpha value is -2.54. The molecule has 4 nitrogen and oxygen atoms in total. The van der Waals surface area contributed by atoms with Crippen molar-refractivity contribution < 1.29 is 9.90 Å². The molecule has 0 amide bonds. The molecular formula is C15H14N2O2. The Bertz CT molecular complexity index is 706. The number of nitrogens with zero attached hydrogens (tertiary/aromatic N) is 2. The maximum absolute atomic E-state index is 11.1. The van der Waals surface area contributed by atoms with E-state index in [-0.39, 0.29) is 5.56 Å². The maximum Gasteiger partial charge on any atom is 0.335 e. The van der Waals surface area contributed by atoms with Gasteiger partial charge >= 0.3 is 5.97 Å². The van der Waals surface area contributed by atoms with Gasteiger partial charge in [-0.2, -0.15) is 5.26 Å². The first-order chi connectivity index (χ1) is 8.95. The monoisotopic (exact) mass is 254 g/mol. The van der Waals surface area contributed by atoms with E-state index in [1.165, 1.54) is 0 Å². The van der Waals surface area contributed by atoms with Gasteiger partial charge in [0.15, 0.2) is 0 Å². The Morgan fingerprint density at radius 3 is 2.47 bits per heavy atom. The van der Waals surface area contributed by atoms with Crippen molar-refractivity contribution >= 4 is 5.97 Å². The Kier molecular flexibility index (Phi) is 3.14. The minimum Gasteiger partial charge on any atom is -0.478 e. The molecule has 0 unspecified atom stereocenters. The van der Waals surface area contributed by atoms with Crippen LogP contribution in [0.25, 0.3) is 5.69 Å². The van der Waals surface area contributed by atoms with E-state index in [2.05, 4.69) is 6.07 Å². The smallest absolute Gasteiger partial charge is 0.335 e. The third-order valence-electron chi connectivity index (χ3n) is 3.25. The summed E-state index contributed by atoms with van der Waals surface area (Å²) < 4.78 is 1.92. The normalized spacial score (nSPS) is 10.2. The van der Waals surface area contributed by atoms with E-state index in [1.807, 2.05) is 31.4 Å². The van der Waals surface area contributed by atoms with Crippen LogP contribution in [-0.4, -0.2) is 15.6 Å². The van der Waals surface area contributed by atoms with Crippen LogP contribution in [-0.2, 0) is 0 Å². The maximum atomic E-state index is 11.1. The van der Waals surface area contributed by atoms with Crippen molar-refractivity contribution in [3.63, 3.8) is 0 Å². The fourth-order valence-corrected chi connectivity index (χ4v) is 2.23. The van der Waals surface area contributed by atoms with Gasteiger partial charge in [0.2, 0.25) is 0 Å². The first kappa shape index (κ1) is 12.9. The zero-order valence-corrected chi connectivity index (χ0v) is 11.1. The molecule has 0 radical (unpaired) electrons. The van der Waals surface area contributed by atoms with Crippen molar-refractivity contribution in [3.05, 3.63) is 52.3 Å². The van der Waals surface area contributed by atoms with Crippen LogP contribution in [0.5, 0.6) is 0 Å². The molecule has 0 aliphatic rings. The average molecular weight is 254 g/mol. The molecule has 2 aromatic rings. The van der Waals surface area contributed by atoms with E-state index >= 15 is 0 Å². The molecule has 96 valence electrons. The molecule has 2 rings (SSSR count). The molecular weight excluding hydrogens is 240 g/mol. The van der Waals surface area contributed by atoms with Gasteiger partial charge < -0.3 is 9.67 Å². The lowest BCUT2D eigenvalue weighted by atomic mass is 10.1. The lowest BCUT2D eigenvalue weighted by Gasteiger charge is -2.13. The molecule has 0 saturated heterocycles. The molecule has 0 bridgehead atoms. The number of carbonyl (C=O) groups is 1. The van der Waals surface area contributed by atoms with Crippen LogP contribution in [0, 0.1) is 32.1 Å². The van der Waals surface area contributed by atoms with E-state index in [0.29, 0.717) is 5.56 Å². The molecule has 0 spiro atoms. The lowest BCUT2D eigenvalue weighted by Crippen LogP contribution is -2.05. The van der Waals surface area contributed by atoms with Crippen LogP contribution in [0.1, 0.15) is 32.9 Å². The first-order valence-electron chi connectivity index (χ1n) is 5.89. The summed E-state index contributed by atoms with van der Waals surface area (Å²) in [7, 11) is 0. The summed E-state index contributed by atoms with van der Waals surface area (Å²) in [6, 6.07) is 8.96. The third kappa shape index (κ3) is 2.11. The van der Waals surface area contributed by atoms with Crippen LogP contribution < -0.4 is 0 Å². The molecule has 19 heavy (non-hydrogen) atoms. The minimum absolute atomic E-state index is 0.242. The van der Waals surface area contributed by atoms with Crippen LogP contribution in [0.4, 0.5) is 0 Å². The average Bonchev–Trinajstić information content (AvgIpc) is 2.65. The molecule has 0 aliphatic heterocycles. The minimum atomic E-state index is -0.954. The Labute approximate surface area is 111 Å². The van der Waals surface area contributed by atoms with Gasteiger partial charge in [0.1, 0.15) is 6.07 Å². The van der Waals surface area contributed by atoms with Crippen molar-refractivity contribution in [1.29, 1.82) is 5.26 Å². The molecule has 4 heteroatoms. The topological polar surface area (TPSA) is 66.0 Å². The summed E-state index contributed by atoms with van der Waals surface area (Å²) in [6.07, 6.45) is 0. The number of aromatic nitrogens is 1. The largest absolute Gasteiger partial charge is 0.478 e. The van der Waals surface area contributed by atoms with E-state index in [9.17, 15) is 4.79 Å². The van der Waals surface area contributed by atoms with Gasteiger partial charge in [-0.3, -0.25) is 0 Å². The fraction of sp³-hybridized carbons (Fsp3) is 0.200. The number of carboxylic acid groups (broad SMARTS) is 1. The predicted molar refractivity (Wildman–Crippen MR) is 71.7 cm³/mol. The van der Waals surface area contributed by atoms with Crippen LogP contribution in [0.2, 0.25) is 0 Å². The van der Waals surface area contributed by atoms with Crippen molar-refractivity contribution in [1.82, 2.24) is 4.57 Å². The number of aryl methyl sites for hydroxylation is 2. The first-order valence-corrected chi connectivity index (χ1v) is 5.89. The van der Waals surface area contributed by atoms with Gasteiger partial charge in [-0.25, -0.2) is 4.79 Å². The molecule has 0 aliphatic carbocycles. The molecule has 1 heterocycles. The summed E-state index contributed by atoms with van der Waals surface area (Å²) >= 11 is 0. The number of aromatic carboxylic acids is 1.